The lowest BCUT2D eigenvalue weighted by Crippen LogP contribution is -2.55. The molecule has 0 unspecified atom stereocenters. The average Bonchev–Trinajstić information content (AvgIpc) is 3.80. The fraction of sp³-hybridized carbons (Fsp3) is 0.429. The smallest absolute Gasteiger partial charge is 0.254 e. The molecule has 0 saturated carbocycles. The molecule has 3 amide bonds. The first-order valence-electron chi connectivity index (χ1n) is 16.2. The highest BCUT2D eigenvalue weighted by Gasteiger charge is 2.34. The Hall–Kier alpha value is -4.44. The molecule has 0 spiro atoms. The Morgan fingerprint density at radius 2 is 1.47 bits per heavy atom. The van der Waals surface area contributed by atoms with Crippen LogP contribution in [-0.4, -0.2) is 111 Å². The second-order valence-electron chi connectivity index (χ2n) is 12.7. The number of hydrogen-bond acceptors (Lipinski definition) is 5. The maximum absolute atomic E-state index is 13.9. The lowest BCUT2D eigenvalue weighted by molar-refractivity contribution is -0.141. The summed E-state index contributed by atoms with van der Waals surface area (Å²) in [4.78, 5) is 58.5. The van der Waals surface area contributed by atoms with Crippen molar-refractivity contribution >= 4 is 28.6 Å². The zero-order valence-electron chi connectivity index (χ0n) is 25.9. The Kier molecular flexibility index (Phi) is 8.14. The predicted octanol–water partition coefficient (Wildman–Crippen LogP) is 4.23. The third-order valence-electron chi connectivity index (χ3n) is 9.98. The van der Waals surface area contributed by atoms with Gasteiger partial charge in [-0.3, -0.25) is 19.3 Å². The molecule has 0 bridgehead atoms. The standard InChI is InChI=1S/C35H41N7O3/c1-24(43)39-13-7-25(8-14-39)34(44)41-15-9-29(10-16-41)40-17-19-42(20-18-40)35(45)28-22-32(38-33(23-28)31-3-2-11-36-31)26-4-5-30-27(21-26)6-12-37-30/h2-6,11-12,21-23,25,29,36-37H,7-10,13-20H2,1H3. The molecule has 10 heteroatoms. The summed E-state index contributed by atoms with van der Waals surface area (Å²) < 4.78 is 0. The number of rotatable bonds is 5. The number of nitrogens with zero attached hydrogens (tertiary/aromatic N) is 5. The SMILES string of the molecule is CC(=O)N1CCC(C(=O)N2CCC(N3CCN(C(=O)c4cc(-c5ccc6[nH]ccc6c5)nc(-c5ccc[nH]5)c4)CC3)CC2)CC1. The lowest BCUT2D eigenvalue weighted by atomic mass is 9.93. The van der Waals surface area contributed by atoms with Gasteiger partial charge in [0.15, 0.2) is 0 Å². The lowest BCUT2D eigenvalue weighted by Gasteiger charge is -2.43. The van der Waals surface area contributed by atoms with Crippen LogP contribution >= 0.6 is 0 Å². The normalized spacial score (nSPS) is 18.9. The summed E-state index contributed by atoms with van der Waals surface area (Å²) in [6.07, 6.45) is 7.26. The van der Waals surface area contributed by atoms with Crippen LogP contribution in [0, 0.1) is 5.92 Å². The number of piperazine rings is 1. The van der Waals surface area contributed by atoms with Crippen LogP contribution in [0.3, 0.4) is 0 Å². The van der Waals surface area contributed by atoms with Crippen LogP contribution in [0.4, 0.5) is 0 Å². The van der Waals surface area contributed by atoms with Crippen molar-refractivity contribution in [2.75, 3.05) is 52.4 Å². The van der Waals surface area contributed by atoms with Gasteiger partial charge in [-0.25, -0.2) is 4.98 Å². The van der Waals surface area contributed by atoms with E-state index in [-0.39, 0.29) is 23.6 Å². The van der Waals surface area contributed by atoms with E-state index in [0.29, 0.717) is 37.8 Å². The summed E-state index contributed by atoms with van der Waals surface area (Å²) in [6, 6.07) is 16.4. The van der Waals surface area contributed by atoms with Crippen LogP contribution in [0.15, 0.2) is 60.9 Å². The number of H-pyrrole nitrogens is 2. The Labute approximate surface area is 263 Å². The molecule has 6 heterocycles. The number of hydrogen-bond donors (Lipinski definition) is 2. The van der Waals surface area contributed by atoms with Crippen molar-refractivity contribution < 1.29 is 14.4 Å². The zero-order valence-corrected chi connectivity index (χ0v) is 25.9. The summed E-state index contributed by atoms with van der Waals surface area (Å²) >= 11 is 0. The molecule has 2 N–H and O–H groups in total. The molecule has 7 rings (SSSR count). The summed E-state index contributed by atoms with van der Waals surface area (Å²) in [5.74, 6) is 0.427. The van der Waals surface area contributed by atoms with Gasteiger partial charge in [0.05, 0.1) is 17.1 Å². The monoisotopic (exact) mass is 607 g/mol. The number of amides is 3. The molecule has 4 aromatic rings. The van der Waals surface area contributed by atoms with Crippen molar-refractivity contribution in [1.29, 1.82) is 0 Å². The number of likely N-dealkylation sites (tertiary alicyclic amines) is 2. The molecule has 3 saturated heterocycles. The van der Waals surface area contributed by atoms with E-state index in [1.54, 1.807) is 6.92 Å². The number of fused-ring (bicyclic) bond motifs is 1. The van der Waals surface area contributed by atoms with Gasteiger partial charge in [-0.05, 0) is 68.1 Å². The zero-order chi connectivity index (χ0) is 30.9. The number of benzene rings is 1. The Bertz CT molecular complexity index is 1670. The average molecular weight is 608 g/mol. The maximum Gasteiger partial charge on any atom is 0.254 e. The van der Waals surface area contributed by atoms with Gasteiger partial charge < -0.3 is 24.7 Å². The number of aromatic amines is 2. The maximum atomic E-state index is 13.9. The van der Waals surface area contributed by atoms with Gasteiger partial charge in [-0.2, -0.15) is 0 Å². The highest BCUT2D eigenvalue weighted by atomic mass is 16.2. The predicted molar refractivity (Wildman–Crippen MR) is 173 cm³/mol. The second-order valence-corrected chi connectivity index (χ2v) is 12.7. The third-order valence-corrected chi connectivity index (χ3v) is 9.98. The van der Waals surface area contributed by atoms with Gasteiger partial charge in [0.2, 0.25) is 11.8 Å². The van der Waals surface area contributed by atoms with Gasteiger partial charge in [0.1, 0.15) is 0 Å². The molecule has 0 radical (unpaired) electrons. The summed E-state index contributed by atoms with van der Waals surface area (Å²) in [6.45, 7) is 7.56. The largest absolute Gasteiger partial charge is 0.361 e. The summed E-state index contributed by atoms with van der Waals surface area (Å²) in [5, 5.41) is 1.11. The van der Waals surface area contributed by atoms with E-state index in [9.17, 15) is 14.4 Å². The minimum atomic E-state index is 0.0325. The molecule has 3 fully saturated rings. The summed E-state index contributed by atoms with van der Waals surface area (Å²) in [5.41, 5.74) is 5.09. The second kappa shape index (κ2) is 12.5. The van der Waals surface area contributed by atoms with Crippen LogP contribution in [0.5, 0.6) is 0 Å². The van der Waals surface area contributed by atoms with Gasteiger partial charge in [0.25, 0.3) is 5.91 Å². The van der Waals surface area contributed by atoms with Gasteiger partial charge in [-0.15, -0.1) is 0 Å². The Balaban J connectivity index is 0.976. The highest BCUT2D eigenvalue weighted by Crippen LogP contribution is 2.28. The van der Waals surface area contributed by atoms with E-state index in [1.165, 1.54) is 0 Å². The number of carbonyl (C=O) groups is 3. The number of carbonyl (C=O) groups excluding carboxylic acids is 3. The topological polar surface area (TPSA) is 109 Å². The highest BCUT2D eigenvalue weighted by molar-refractivity contribution is 5.97. The van der Waals surface area contributed by atoms with Crippen LogP contribution in [-0.2, 0) is 9.59 Å². The third kappa shape index (κ3) is 6.11. The molecule has 3 aliphatic rings. The van der Waals surface area contributed by atoms with Crippen LogP contribution < -0.4 is 0 Å². The number of nitrogens with one attached hydrogen (secondary N) is 2. The van der Waals surface area contributed by atoms with E-state index in [1.807, 2.05) is 69.6 Å². The molecular weight excluding hydrogens is 566 g/mol. The minimum Gasteiger partial charge on any atom is -0.361 e. The van der Waals surface area contributed by atoms with Gasteiger partial charge in [-0.1, -0.05) is 6.07 Å². The van der Waals surface area contributed by atoms with Crippen molar-refractivity contribution in [3.63, 3.8) is 0 Å². The van der Waals surface area contributed by atoms with Crippen molar-refractivity contribution in [3.8, 4) is 22.6 Å². The quantitative estimate of drug-likeness (QED) is 0.353. The molecule has 45 heavy (non-hydrogen) atoms. The van der Waals surface area contributed by atoms with Crippen LogP contribution in [0.2, 0.25) is 0 Å². The first-order valence-corrected chi connectivity index (χ1v) is 16.2. The van der Waals surface area contributed by atoms with E-state index in [4.69, 9.17) is 4.98 Å². The molecule has 3 aliphatic heterocycles. The van der Waals surface area contributed by atoms with Crippen molar-refractivity contribution in [2.45, 2.75) is 38.6 Å². The van der Waals surface area contributed by atoms with Crippen LogP contribution in [0.1, 0.15) is 43.0 Å². The minimum absolute atomic E-state index is 0.0325. The fourth-order valence-electron chi connectivity index (χ4n) is 7.27. The number of aromatic nitrogens is 3. The molecule has 234 valence electrons. The molecule has 0 atom stereocenters. The van der Waals surface area contributed by atoms with Crippen molar-refractivity contribution in [1.82, 2.24) is 34.6 Å². The molecule has 1 aromatic carbocycles. The number of piperidine rings is 2. The van der Waals surface area contributed by atoms with E-state index in [0.717, 1.165) is 85.4 Å². The molecule has 0 aliphatic carbocycles. The van der Waals surface area contributed by atoms with Crippen molar-refractivity contribution in [3.05, 3.63) is 66.5 Å². The molecular formula is C35H41N7O3. The van der Waals surface area contributed by atoms with Crippen molar-refractivity contribution in [2.24, 2.45) is 5.92 Å². The van der Waals surface area contributed by atoms with Gasteiger partial charge >= 0.3 is 0 Å². The first-order chi connectivity index (χ1) is 21.9. The van der Waals surface area contributed by atoms with Gasteiger partial charge in [0, 0.05) is 106 Å². The Morgan fingerprint density at radius 3 is 2.18 bits per heavy atom. The van der Waals surface area contributed by atoms with E-state index in [2.05, 4.69) is 20.9 Å². The molecule has 10 nitrogen and oxygen atoms in total. The summed E-state index contributed by atoms with van der Waals surface area (Å²) in [7, 11) is 0. The fourth-order valence-corrected chi connectivity index (χ4v) is 7.27. The van der Waals surface area contributed by atoms with E-state index >= 15 is 0 Å². The Morgan fingerprint density at radius 1 is 0.733 bits per heavy atom. The van der Waals surface area contributed by atoms with E-state index < -0.39 is 0 Å². The first kappa shape index (κ1) is 29.3. The molecule has 3 aromatic heterocycles. The van der Waals surface area contributed by atoms with Crippen LogP contribution in [0.25, 0.3) is 33.5 Å². The number of pyridine rings is 1.